The highest BCUT2D eigenvalue weighted by Crippen LogP contribution is 2.19. The van der Waals surface area contributed by atoms with Gasteiger partial charge in [-0.3, -0.25) is 9.78 Å². The SMILES string of the molecule is CCC(=O)N(c1ccncc1)C(C)CN1CCCCC1. The molecule has 1 aliphatic heterocycles. The van der Waals surface area contributed by atoms with Crippen LogP contribution in [0.3, 0.4) is 0 Å². The van der Waals surface area contributed by atoms with Crippen LogP contribution in [-0.4, -0.2) is 41.5 Å². The lowest BCUT2D eigenvalue weighted by Crippen LogP contribution is -2.46. The summed E-state index contributed by atoms with van der Waals surface area (Å²) in [7, 11) is 0. The Labute approximate surface area is 121 Å². The van der Waals surface area contributed by atoms with Gasteiger partial charge < -0.3 is 9.80 Å². The van der Waals surface area contributed by atoms with E-state index in [1.54, 1.807) is 12.4 Å². The fourth-order valence-corrected chi connectivity index (χ4v) is 2.92. The topological polar surface area (TPSA) is 36.4 Å². The molecule has 20 heavy (non-hydrogen) atoms. The van der Waals surface area contributed by atoms with Crippen LogP contribution in [0.5, 0.6) is 0 Å². The number of pyridine rings is 1. The molecule has 0 N–H and O–H groups in total. The van der Waals surface area contributed by atoms with E-state index in [2.05, 4.69) is 16.8 Å². The number of carbonyl (C=O) groups excluding carboxylic acids is 1. The minimum absolute atomic E-state index is 0.181. The molecule has 0 bridgehead atoms. The summed E-state index contributed by atoms with van der Waals surface area (Å²) in [6.45, 7) is 7.34. The van der Waals surface area contributed by atoms with Crippen LogP contribution in [0.1, 0.15) is 39.5 Å². The summed E-state index contributed by atoms with van der Waals surface area (Å²) < 4.78 is 0. The third-order valence-electron chi connectivity index (χ3n) is 3.92. The summed E-state index contributed by atoms with van der Waals surface area (Å²) in [5, 5.41) is 0. The first-order valence-corrected chi connectivity index (χ1v) is 7.66. The monoisotopic (exact) mass is 275 g/mol. The molecule has 0 aliphatic carbocycles. The number of aromatic nitrogens is 1. The van der Waals surface area contributed by atoms with Crippen LogP contribution in [-0.2, 0) is 4.79 Å². The van der Waals surface area contributed by atoms with E-state index >= 15 is 0 Å². The second-order valence-electron chi connectivity index (χ2n) is 5.53. The molecule has 0 saturated carbocycles. The van der Waals surface area contributed by atoms with Gasteiger partial charge in [0.1, 0.15) is 0 Å². The molecule has 1 amide bonds. The number of nitrogens with zero attached hydrogens (tertiary/aromatic N) is 3. The van der Waals surface area contributed by atoms with Crippen LogP contribution in [0, 0.1) is 0 Å². The lowest BCUT2D eigenvalue weighted by molar-refractivity contribution is -0.118. The van der Waals surface area contributed by atoms with Crippen molar-refractivity contribution in [3.63, 3.8) is 0 Å². The molecule has 1 aromatic heterocycles. The van der Waals surface area contributed by atoms with Gasteiger partial charge in [0.05, 0.1) is 0 Å². The van der Waals surface area contributed by atoms with Gasteiger partial charge in [-0.25, -0.2) is 0 Å². The molecule has 1 aliphatic rings. The van der Waals surface area contributed by atoms with E-state index in [1.807, 2.05) is 24.0 Å². The number of hydrogen-bond donors (Lipinski definition) is 0. The van der Waals surface area contributed by atoms with Crippen LogP contribution < -0.4 is 4.90 Å². The smallest absolute Gasteiger partial charge is 0.226 e. The second kappa shape index (κ2) is 7.39. The molecule has 2 rings (SSSR count). The Balaban J connectivity index is 2.07. The van der Waals surface area contributed by atoms with Gasteiger partial charge in [0.2, 0.25) is 5.91 Å². The lowest BCUT2D eigenvalue weighted by atomic mass is 10.1. The molecule has 4 nitrogen and oxygen atoms in total. The zero-order valence-electron chi connectivity index (χ0n) is 12.6. The van der Waals surface area contributed by atoms with Crippen molar-refractivity contribution in [3.05, 3.63) is 24.5 Å². The maximum Gasteiger partial charge on any atom is 0.226 e. The number of anilines is 1. The summed E-state index contributed by atoms with van der Waals surface area (Å²) in [5.74, 6) is 0.181. The van der Waals surface area contributed by atoms with Crippen molar-refractivity contribution in [3.8, 4) is 0 Å². The highest BCUT2D eigenvalue weighted by atomic mass is 16.2. The first kappa shape index (κ1) is 15.0. The van der Waals surface area contributed by atoms with Gasteiger partial charge in [-0.1, -0.05) is 13.3 Å². The molecule has 0 spiro atoms. The van der Waals surface area contributed by atoms with E-state index in [4.69, 9.17) is 0 Å². The lowest BCUT2D eigenvalue weighted by Gasteiger charge is -2.35. The predicted octanol–water partition coefficient (Wildman–Crippen LogP) is 2.70. The summed E-state index contributed by atoms with van der Waals surface area (Å²) in [6.07, 6.45) is 7.94. The van der Waals surface area contributed by atoms with Crippen molar-refractivity contribution in [2.24, 2.45) is 0 Å². The molecule has 4 heteroatoms. The number of likely N-dealkylation sites (tertiary alicyclic amines) is 1. The first-order valence-electron chi connectivity index (χ1n) is 7.66. The highest BCUT2D eigenvalue weighted by molar-refractivity contribution is 5.93. The molecule has 2 heterocycles. The minimum atomic E-state index is 0.181. The van der Waals surface area contributed by atoms with Crippen LogP contribution in [0.4, 0.5) is 5.69 Å². The summed E-state index contributed by atoms with van der Waals surface area (Å²) in [5.41, 5.74) is 0.955. The largest absolute Gasteiger partial charge is 0.308 e. The molecule has 110 valence electrons. The minimum Gasteiger partial charge on any atom is -0.308 e. The van der Waals surface area contributed by atoms with E-state index < -0.39 is 0 Å². The fraction of sp³-hybridized carbons (Fsp3) is 0.625. The molecule has 0 radical (unpaired) electrons. The van der Waals surface area contributed by atoms with Gasteiger partial charge in [-0.15, -0.1) is 0 Å². The van der Waals surface area contributed by atoms with E-state index in [9.17, 15) is 4.79 Å². The standard InChI is InChI=1S/C16H25N3O/c1-3-16(20)19(15-7-9-17-10-8-15)14(2)13-18-11-5-4-6-12-18/h7-10,14H,3-6,11-13H2,1-2H3. The number of rotatable bonds is 5. The molecule has 1 unspecified atom stereocenters. The molecular weight excluding hydrogens is 250 g/mol. The van der Waals surface area contributed by atoms with E-state index in [1.165, 1.54) is 19.3 Å². The average molecular weight is 275 g/mol. The maximum absolute atomic E-state index is 12.3. The third-order valence-corrected chi connectivity index (χ3v) is 3.92. The van der Waals surface area contributed by atoms with E-state index in [0.717, 1.165) is 25.3 Å². The van der Waals surface area contributed by atoms with Gasteiger partial charge in [0, 0.05) is 37.1 Å². The Bertz CT molecular complexity index is 415. The van der Waals surface area contributed by atoms with E-state index in [-0.39, 0.29) is 11.9 Å². The van der Waals surface area contributed by atoms with Gasteiger partial charge in [0.25, 0.3) is 0 Å². The Kier molecular flexibility index (Phi) is 5.53. The normalized spacial score (nSPS) is 17.7. The summed E-state index contributed by atoms with van der Waals surface area (Å²) in [4.78, 5) is 20.7. The third kappa shape index (κ3) is 3.79. The van der Waals surface area contributed by atoms with Crippen LogP contribution >= 0.6 is 0 Å². The number of amides is 1. The Morgan fingerprint density at radius 2 is 1.95 bits per heavy atom. The van der Waals surface area contributed by atoms with Gasteiger partial charge in [0.15, 0.2) is 0 Å². The number of carbonyl (C=O) groups is 1. The summed E-state index contributed by atoms with van der Waals surface area (Å²) in [6, 6.07) is 4.03. The number of piperidine rings is 1. The van der Waals surface area contributed by atoms with Crippen molar-refractivity contribution in [2.75, 3.05) is 24.5 Å². The van der Waals surface area contributed by atoms with Crippen molar-refractivity contribution in [1.29, 1.82) is 0 Å². The quantitative estimate of drug-likeness (QED) is 0.829. The molecule has 1 saturated heterocycles. The number of hydrogen-bond acceptors (Lipinski definition) is 3. The second-order valence-corrected chi connectivity index (χ2v) is 5.53. The fourth-order valence-electron chi connectivity index (χ4n) is 2.92. The van der Waals surface area contributed by atoms with Crippen molar-refractivity contribution < 1.29 is 4.79 Å². The average Bonchev–Trinajstić information content (AvgIpc) is 2.49. The van der Waals surface area contributed by atoms with Gasteiger partial charge in [-0.05, 0) is 45.0 Å². The Hall–Kier alpha value is -1.42. The Morgan fingerprint density at radius 1 is 1.30 bits per heavy atom. The Morgan fingerprint density at radius 3 is 2.55 bits per heavy atom. The molecule has 1 fully saturated rings. The molecule has 0 aromatic carbocycles. The maximum atomic E-state index is 12.3. The molecule has 1 atom stereocenters. The van der Waals surface area contributed by atoms with Crippen LogP contribution in [0.2, 0.25) is 0 Å². The predicted molar refractivity (Wildman–Crippen MR) is 81.8 cm³/mol. The highest BCUT2D eigenvalue weighted by Gasteiger charge is 2.23. The zero-order valence-corrected chi connectivity index (χ0v) is 12.6. The van der Waals surface area contributed by atoms with Gasteiger partial charge in [-0.2, -0.15) is 0 Å². The van der Waals surface area contributed by atoms with Crippen LogP contribution in [0.25, 0.3) is 0 Å². The van der Waals surface area contributed by atoms with Crippen LogP contribution in [0.15, 0.2) is 24.5 Å². The van der Waals surface area contributed by atoms with Crippen molar-refractivity contribution in [2.45, 2.75) is 45.6 Å². The zero-order chi connectivity index (χ0) is 14.4. The molecule has 1 aromatic rings. The summed E-state index contributed by atoms with van der Waals surface area (Å²) >= 11 is 0. The van der Waals surface area contributed by atoms with Crippen molar-refractivity contribution >= 4 is 11.6 Å². The van der Waals surface area contributed by atoms with Crippen molar-refractivity contribution in [1.82, 2.24) is 9.88 Å². The van der Waals surface area contributed by atoms with E-state index in [0.29, 0.717) is 6.42 Å². The first-order chi connectivity index (χ1) is 9.72. The van der Waals surface area contributed by atoms with Gasteiger partial charge >= 0.3 is 0 Å². The molecular formula is C16H25N3O.